The third-order valence-electron chi connectivity index (χ3n) is 2.08. The summed E-state index contributed by atoms with van der Waals surface area (Å²) in [5, 5.41) is 0. The Labute approximate surface area is 110 Å². The average Bonchev–Trinajstić information content (AvgIpc) is 2.11. The molecule has 0 aromatic carbocycles. The molecule has 0 aliphatic heterocycles. The Balaban J connectivity index is 4.46. The molecule has 0 amide bonds. The predicted octanol–water partition coefficient (Wildman–Crippen LogP) is -1.47. The van der Waals surface area contributed by atoms with E-state index in [1.807, 2.05) is 0 Å². The molecule has 0 aliphatic rings. The Morgan fingerprint density at radius 3 is 1.47 bits per heavy atom. The SMILES string of the molecule is O=P(O)(O)CCN(CCP(=O)(O)O)CCS(=O)(=O)O. The van der Waals surface area contributed by atoms with Crippen LogP contribution in [0.15, 0.2) is 0 Å². The predicted molar refractivity (Wildman–Crippen MR) is 66.7 cm³/mol. The molecule has 0 saturated carbocycles. The quantitative estimate of drug-likeness (QED) is 0.246. The highest BCUT2D eigenvalue weighted by Gasteiger charge is 2.20. The smallest absolute Gasteiger partial charge is 0.324 e. The molecule has 0 atom stereocenters. The van der Waals surface area contributed by atoms with Gasteiger partial charge in [-0.1, -0.05) is 0 Å². The molecule has 0 bridgehead atoms. The van der Waals surface area contributed by atoms with E-state index in [1.165, 1.54) is 0 Å². The monoisotopic (exact) mass is 341 g/mol. The van der Waals surface area contributed by atoms with Crippen molar-refractivity contribution in [2.45, 2.75) is 0 Å². The summed E-state index contributed by atoms with van der Waals surface area (Å²) in [7, 11) is -12.8. The number of rotatable bonds is 9. The first-order valence-electron chi connectivity index (χ1n) is 5.05. The Hall–Kier alpha value is 0.170. The fourth-order valence-electron chi connectivity index (χ4n) is 1.12. The van der Waals surface area contributed by atoms with Gasteiger partial charge in [-0.05, 0) is 0 Å². The first-order valence-corrected chi connectivity index (χ1v) is 10.3. The van der Waals surface area contributed by atoms with E-state index in [0.29, 0.717) is 0 Å². The second kappa shape index (κ2) is 7.26. The lowest BCUT2D eigenvalue weighted by atomic mass is 10.5. The van der Waals surface area contributed by atoms with Crippen molar-refractivity contribution in [3.63, 3.8) is 0 Å². The number of nitrogens with zero attached hydrogens (tertiary/aromatic N) is 1. The molecule has 0 aromatic heterocycles. The maximum Gasteiger partial charge on any atom is 0.326 e. The average molecular weight is 341 g/mol. The van der Waals surface area contributed by atoms with Crippen molar-refractivity contribution >= 4 is 25.3 Å². The Bertz CT molecular complexity index is 439. The van der Waals surface area contributed by atoms with Crippen LogP contribution in [0, 0.1) is 0 Å². The van der Waals surface area contributed by atoms with Crippen LogP contribution < -0.4 is 0 Å². The lowest BCUT2D eigenvalue weighted by Crippen LogP contribution is -2.34. The van der Waals surface area contributed by atoms with Gasteiger partial charge in [0.2, 0.25) is 0 Å². The fraction of sp³-hybridized carbons (Fsp3) is 1.00. The molecule has 10 nitrogen and oxygen atoms in total. The largest absolute Gasteiger partial charge is 0.326 e. The second-order valence-electron chi connectivity index (χ2n) is 3.90. The number of hydrogen-bond donors (Lipinski definition) is 5. The summed E-state index contributed by atoms with van der Waals surface area (Å²) in [6.07, 6.45) is -1.14. The third kappa shape index (κ3) is 14.4. The zero-order valence-corrected chi connectivity index (χ0v) is 12.5. The minimum Gasteiger partial charge on any atom is -0.324 e. The summed E-state index contributed by atoms with van der Waals surface area (Å²) in [4.78, 5) is 35.9. The normalized spacial score (nSPS) is 14.0. The zero-order valence-electron chi connectivity index (χ0n) is 9.86. The molecule has 0 saturated heterocycles. The van der Waals surface area contributed by atoms with Crippen LogP contribution in [-0.4, -0.2) is 75.2 Å². The van der Waals surface area contributed by atoms with Gasteiger partial charge in [0.1, 0.15) is 0 Å². The molecule has 0 spiro atoms. The standard InChI is InChI=1S/C6H17NO9P2S/c8-17(9,10)4-1-7(2-5-18(11,12)13)3-6-19(14,15)16/h1-6H2,(H2,8,9,10)(H2,11,12,13)(H,14,15,16). The molecular formula is C6H17NO9P2S. The van der Waals surface area contributed by atoms with Gasteiger partial charge in [-0.15, -0.1) is 0 Å². The van der Waals surface area contributed by atoms with Crippen LogP contribution in [0.4, 0.5) is 0 Å². The molecule has 5 N–H and O–H groups in total. The first-order chi connectivity index (χ1) is 8.29. The zero-order chi connectivity index (χ0) is 15.3. The molecule has 0 unspecified atom stereocenters. The summed E-state index contributed by atoms with van der Waals surface area (Å²) >= 11 is 0. The Kier molecular flexibility index (Phi) is 7.32. The van der Waals surface area contributed by atoms with E-state index in [2.05, 4.69) is 0 Å². The molecule has 0 aliphatic carbocycles. The molecule has 0 aromatic rings. The number of hydrogen-bond acceptors (Lipinski definition) is 5. The van der Waals surface area contributed by atoms with Gasteiger partial charge in [0, 0.05) is 19.6 Å². The maximum absolute atomic E-state index is 10.7. The summed E-state index contributed by atoms with van der Waals surface area (Å²) in [6.45, 7) is -0.752. The summed E-state index contributed by atoms with van der Waals surface area (Å²) in [5.41, 5.74) is 0. The van der Waals surface area contributed by atoms with Crippen molar-refractivity contribution in [1.29, 1.82) is 0 Å². The maximum atomic E-state index is 10.7. The van der Waals surface area contributed by atoms with Crippen molar-refractivity contribution in [3.05, 3.63) is 0 Å². The van der Waals surface area contributed by atoms with Crippen LogP contribution in [0.25, 0.3) is 0 Å². The van der Waals surface area contributed by atoms with Crippen LogP contribution in [-0.2, 0) is 19.2 Å². The van der Waals surface area contributed by atoms with Gasteiger partial charge in [0.05, 0.1) is 18.1 Å². The molecule has 0 radical (unpaired) electrons. The lowest BCUT2D eigenvalue weighted by molar-refractivity contribution is 0.295. The summed E-state index contributed by atoms with van der Waals surface area (Å²) in [5.74, 6) is -0.685. The van der Waals surface area contributed by atoms with Crippen molar-refractivity contribution in [2.24, 2.45) is 0 Å². The third-order valence-corrected chi connectivity index (χ3v) is 4.34. The van der Waals surface area contributed by atoms with Crippen molar-refractivity contribution in [3.8, 4) is 0 Å². The molecule has 13 heteroatoms. The van der Waals surface area contributed by atoms with E-state index in [4.69, 9.17) is 24.1 Å². The van der Waals surface area contributed by atoms with Gasteiger partial charge in [0.15, 0.2) is 0 Å². The highest BCUT2D eigenvalue weighted by Crippen LogP contribution is 2.35. The van der Waals surface area contributed by atoms with E-state index in [1.54, 1.807) is 0 Å². The van der Waals surface area contributed by atoms with E-state index in [0.717, 1.165) is 4.90 Å². The molecule has 0 heterocycles. The van der Waals surface area contributed by atoms with Gasteiger partial charge in [-0.2, -0.15) is 8.42 Å². The van der Waals surface area contributed by atoms with Gasteiger partial charge < -0.3 is 24.5 Å². The van der Waals surface area contributed by atoms with Gasteiger partial charge in [-0.25, -0.2) is 0 Å². The highest BCUT2D eigenvalue weighted by molar-refractivity contribution is 7.85. The molecule has 19 heavy (non-hydrogen) atoms. The molecule has 0 rings (SSSR count). The topological polar surface area (TPSA) is 173 Å². The molecule has 116 valence electrons. The van der Waals surface area contributed by atoms with Crippen molar-refractivity contribution < 1.29 is 41.7 Å². The van der Waals surface area contributed by atoms with Crippen LogP contribution in [0.1, 0.15) is 0 Å². The van der Waals surface area contributed by atoms with E-state index in [-0.39, 0.29) is 19.6 Å². The molecule has 0 fully saturated rings. The first kappa shape index (κ1) is 19.2. The van der Waals surface area contributed by atoms with E-state index >= 15 is 0 Å². The minimum atomic E-state index is -4.30. The van der Waals surface area contributed by atoms with Gasteiger partial charge >= 0.3 is 15.2 Å². The van der Waals surface area contributed by atoms with Crippen LogP contribution >= 0.6 is 15.2 Å². The van der Waals surface area contributed by atoms with Gasteiger partial charge in [-0.3, -0.25) is 13.7 Å². The van der Waals surface area contributed by atoms with Crippen LogP contribution in [0.2, 0.25) is 0 Å². The highest BCUT2D eigenvalue weighted by atomic mass is 32.2. The van der Waals surface area contributed by atoms with E-state index < -0.39 is 43.4 Å². The van der Waals surface area contributed by atoms with Crippen molar-refractivity contribution in [2.75, 3.05) is 37.7 Å². The second-order valence-corrected chi connectivity index (χ2v) is 9.03. The Morgan fingerprint density at radius 1 is 0.842 bits per heavy atom. The lowest BCUT2D eigenvalue weighted by Gasteiger charge is -2.21. The van der Waals surface area contributed by atoms with Crippen molar-refractivity contribution in [1.82, 2.24) is 4.90 Å². The van der Waals surface area contributed by atoms with Crippen LogP contribution in [0.3, 0.4) is 0 Å². The minimum absolute atomic E-state index is 0.236. The fourth-order valence-corrected chi connectivity index (χ4v) is 2.70. The summed E-state index contributed by atoms with van der Waals surface area (Å²) in [6, 6.07) is 0. The van der Waals surface area contributed by atoms with E-state index in [9.17, 15) is 17.5 Å². The van der Waals surface area contributed by atoms with Gasteiger partial charge in [0.25, 0.3) is 10.1 Å². The Morgan fingerprint density at radius 2 is 1.21 bits per heavy atom. The molecular weight excluding hydrogens is 324 g/mol. The van der Waals surface area contributed by atoms with Crippen LogP contribution in [0.5, 0.6) is 0 Å². The summed E-state index contributed by atoms with van der Waals surface area (Å²) < 4.78 is 51.1.